The summed E-state index contributed by atoms with van der Waals surface area (Å²) in [5.74, 6) is 1.01. The standard InChI is InChI=1S/C21H34N4O2S/c1-3-23-20(25-14-13-21(17-25)11-5-4-6-12-21)24-15-18-7-9-19(10-8-18)16-28(26,27)22-2/h7-10,22H,3-6,11-17H2,1-2H3,(H,23,24). The second-order valence-corrected chi connectivity index (χ2v) is 10.1. The molecule has 28 heavy (non-hydrogen) atoms. The highest BCUT2D eigenvalue weighted by molar-refractivity contribution is 7.88. The predicted molar refractivity (Wildman–Crippen MR) is 115 cm³/mol. The first-order chi connectivity index (χ1) is 13.5. The van der Waals surface area contributed by atoms with E-state index in [1.165, 1.54) is 45.6 Å². The molecule has 1 spiro atoms. The van der Waals surface area contributed by atoms with Gasteiger partial charge in [0.2, 0.25) is 10.0 Å². The van der Waals surface area contributed by atoms with Gasteiger partial charge in [0.1, 0.15) is 0 Å². The van der Waals surface area contributed by atoms with Crippen LogP contribution in [0.25, 0.3) is 0 Å². The maximum absolute atomic E-state index is 11.7. The predicted octanol–water partition coefficient (Wildman–Crippen LogP) is 2.86. The number of sulfonamides is 1. The largest absolute Gasteiger partial charge is 0.357 e. The summed E-state index contributed by atoms with van der Waals surface area (Å²) in [5.41, 5.74) is 2.38. The number of aliphatic imine (C=N–C) groups is 1. The van der Waals surface area contributed by atoms with Gasteiger partial charge in [-0.15, -0.1) is 0 Å². The Kier molecular flexibility index (Phi) is 6.99. The van der Waals surface area contributed by atoms with E-state index < -0.39 is 10.0 Å². The van der Waals surface area contributed by atoms with Gasteiger partial charge in [0, 0.05) is 19.6 Å². The second-order valence-electron chi connectivity index (χ2n) is 8.18. The molecule has 1 aromatic carbocycles. The number of hydrogen-bond acceptors (Lipinski definition) is 3. The van der Waals surface area contributed by atoms with E-state index in [0.29, 0.717) is 12.0 Å². The van der Waals surface area contributed by atoms with Crippen LogP contribution in [-0.2, 0) is 22.3 Å². The van der Waals surface area contributed by atoms with Gasteiger partial charge in [0.05, 0.1) is 12.3 Å². The lowest BCUT2D eigenvalue weighted by atomic mass is 9.73. The maximum Gasteiger partial charge on any atom is 0.215 e. The fourth-order valence-electron chi connectivity index (χ4n) is 4.45. The van der Waals surface area contributed by atoms with Crippen LogP contribution in [0.1, 0.15) is 56.6 Å². The summed E-state index contributed by atoms with van der Waals surface area (Å²) in [4.78, 5) is 7.30. The van der Waals surface area contributed by atoms with Crippen molar-refractivity contribution in [1.82, 2.24) is 14.9 Å². The summed E-state index contributed by atoms with van der Waals surface area (Å²) in [5, 5.41) is 3.46. The van der Waals surface area contributed by atoms with E-state index in [-0.39, 0.29) is 5.75 Å². The minimum atomic E-state index is -3.24. The molecule has 6 nitrogen and oxygen atoms in total. The molecule has 1 saturated carbocycles. The topological polar surface area (TPSA) is 73.8 Å². The molecule has 0 unspecified atom stereocenters. The molecule has 2 N–H and O–H groups in total. The van der Waals surface area contributed by atoms with E-state index in [4.69, 9.17) is 4.99 Å². The highest BCUT2D eigenvalue weighted by Gasteiger charge is 2.39. The molecule has 0 bridgehead atoms. The highest BCUT2D eigenvalue weighted by atomic mass is 32.2. The van der Waals surface area contributed by atoms with Gasteiger partial charge < -0.3 is 10.2 Å². The number of rotatable bonds is 6. The number of hydrogen-bond donors (Lipinski definition) is 2. The molecule has 156 valence electrons. The van der Waals surface area contributed by atoms with E-state index in [0.717, 1.165) is 36.7 Å². The van der Waals surface area contributed by atoms with Crippen LogP contribution in [-0.4, -0.2) is 46.0 Å². The fourth-order valence-corrected chi connectivity index (χ4v) is 5.23. The fraction of sp³-hybridized carbons (Fsp3) is 0.667. The third-order valence-corrected chi connectivity index (χ3v) is 7.42. The van der Waals surface area contributed by atoms with Gasteiger partial charge in [-0.1, -0.05) is 43.5 Å². The molecule has 1 aliphatic carbocycles. The number of guanidine groups is 1. The second kappa shape index (κ2) is 9.27. The Morgan fingerprint density at radius 1 is 1.11 bits per heavy atom. The first-order valence-electron chi connectivity index (χ1n) is 10.5. The van der Waals surface area contributed by atoms with E-state index in [9.17, 15) is 8.42 Å². The minimum absolute atomic E-state index is 0.00550. The Hall–Kier alpha value is -1.60. The summed E-state index contributed by atoms with van der Waals surface area (Å²) < 4.78 is 25.7. The van der Waals surface area contributed by atoms with Crippen molar-refractivity contribution in [3.05, 3.63) is 35.4 Å². The summed E-state index contributed by atoms with van der Waals surface area (Å²) in [6.45, 7) is 5.79. The van der Waals surface area contributed by atoms with Crippen LogP contribution in [0.5, 0.6) is 0 Å². The minimum Gasteiger partial charge on any atom is -0.357 e. The molecule has 1 aliphatic heterocycles. The number of nitrogens with zero attached hydrogens (tertiary/aromatic N) is 2. The molecule has 0 aromatic heterocycles. The maximum atomic E-state index is 11.7. The summed E-state index contributed by atoms with van der Waals surface area (Å²) in [6, 6.07) is 7.69. The SMILES string of the molecule is CCNC(=NCc1ccc(CS(=O)(=O)NC)cc1)N1CCC2(CCCCC2)C1. The molecular weight excluding hydrogens is 372 g/mol. The average Bonchev–Trinajstić information content (AvgIpc) is 3.09. The van der Waals surface area contributed by atoms with Crippen LogP contribution in [0.3, 0.4) is 0 Å². The van der Waals surface area contributed by atoms with E-state index in [1.807, 2.05) is 24.3 Å². The van der Waals surface area contributed by atoms with Gasteiger partial charge in [0.15, 0.2) is 5.96 Å². The number of likely N-dealkylation sites (tertiary alicyclic amines) is 1. The zero-order valence-electron chi connectivity index (χ0n) is 17.2. The summed E-state index contributed by atoms with van der Waals surface area (Å²) in [6.07, 6.45) is 8.14. The first kappa shape index (κ1) is 21.1. The molecule has 0 amide bonds. The van der Waals surface area contributed by atoms with E-state index in [2.05, 4.69) is 21.9 Å². The van der Waals surface area contributed by atoms with Crippen LogP contribution in [0.2, 0.25) is 0 Å². The Bertz CT molecular complexity index is 768. The summed E-state index contributed by atoms with van der Waals surface area (Å²) in [7, 11) is -1.80. The van der Waals surface area contributed by atoms with Crippen molar-refractivity contribution >= 4 is 16.0 Å². The lowest BCUT2D eigenvalue weighted by Crippen LogP contribution is -2.41. The highest BCUT2D eigenvalue weighted by Crippen LogP contribution is 2.43. The van der Waals surface area contributed by atoms with Gasteiger partial charge in [-0.25, -0.2) is 18.1 Å². The Morgan fingerprint density at radius 2 is 1.79 bits per heavy atom. The molecule has 7 heteroatoms. The van der Waals surface area contributed by atoms with Crippen LogP contribution in [0.4, 0.5) is 0 Å². The Morgan fingerprint density at radius 3 is 2.43 bits per heavy atom. The molecule has 1 heterocycles. The molecule has 0 radical (unpaired) electrons. The summed E-state index contributed by atoms with van der Waals surface area (Å²) >= 11 is 0. The smallest absolute Gasteiger partial charge is 0.215 e. The molecule has 0 atom stereocenters. The van der Waals surface area contributed by atoms with Gasteiger partial charge >= 0.3 is 0 Å². The van der Waals surface area contributed by atoms with Crippen molar-refractivity contribution in [1.29, 1.82) is 0 Å². The lowest BCUT2D eigenvalue weighted by Gasteiger charge is -2.33. The third-order valence-electron chi connectivity index (χ3n) is 6.09. The molecule has 1 aromatic rings. The zero-order chi connectivity index (χ0) is 20.0. The van der Waals surface area contributed by atoms with E-state index >= 15 is 0 Å². The molecule has 2 fully saturated rings. The van der Waals surface area contributed by atoms with Crippen molar-refractivity contribution in [2.24, 2.45) is 10.4 Å². The number of benzene rings is 1. The van der Waals surface area contributed by atoms with E-state index in [1.54, 1.807) is 0 Å². The van der Waals surface area contributed by atoms with Gasteiger partial charge in [-0.05, 0) is 49.8 Å². The number of nitrogens with one attached hydrogen (secondary N) is 2. The lowest BCUT2D eigenvalue weighted by molar-refractivity contribution is 0.203. The van der Waals surface area contributed by atoms with Crippen LogP contribution in [0, 0.1) is 5.41 Å². The average molecular weight is 407 g/mol. The van der Waals surface area contributed by atoms with Crippen LogP contribution >= 0.6 is 0 Å². The van der Waals surface area contributed by atoms with Crippen molar-refractivity contribution < 1.29 is 8.42 Å². The van der Waals surface area contributed by atoms with Gasteiger partial charge in [0.25, 0.3) is 0 Å². The van der Waals surface area contributed by atoms with Gasteiger partial charge in [-0.3, -0.25) is 0 Å². The quantitative estimate of drug-likeness (QED) is 0.563. The first-order valence-corrected chi connectivity index (χ1v) is 12.1. The Labute approximate surface area is 169 Å². The van der Waals surface area contributed by atoms with Crippen LogP contribution < -0.4 is 10.0 Å². The normalized spacial score (nSPS) is 19.9. The van der Waals surface area contributed by atoms with Crippen molar-refractivity contribution in [3.63, 3.8) is 0 Å². The molecule has 1 saturated heterocycles. The molecular formula is C21H34N4O2S. The Balaban J connectivity index is 1.63. The molecule has 2 aliphatic rings. The van der Waals surface area contributed by atoms with Gasteiger partial charge in [-0.2, -0.15) is 0 Å². The van der Waals surface area contributed by atoms with Crippen molar-refractivity contribution in [2.45, 2.75) is 57.7 Å². The monoisotopic (exact) mass is 406 g/mol. The third kappa shape index (κ3) is 5.47. The van der Waals surface area contributed by atoms with Crippen LogP contribution in [0.15, 0.2) is 29.3 Å². The van der Waals surface area contributed by atoms with Crippen molar-refractivity contribution in [3.8, 4) is 0 Å². The zero-order valence-corrected chi connectivity index (χ0v) is 18.0. The molecule has 3 rings (SSSR count). The van der Waals surface area contributed by atoms with Crippen molar-refractivity contribution in [2.75, 3.05) is 26.7 Å².